The number of carbonyl (C=O) groups is 3. The Morgan fingerprint density at radius 2 is 1.88 bits per heavy atom. The first-order valence-corrected chi connectivity index (χ1v) is 12.4. The van der Waals surface area contributed by atoms with Crippen molar-refractivity contribution < 1.29 is 19.1 Å². The molecule has 2 saturated carbocycles. The smallest absolute Gasteiger partial charge is 0.317 e. The molecule has 6 rings (SSSR count). The third-order valence-electron chi connectivity index (χ3n) is 9.77. The van der Waals surface area contributed by atoms with Crippen molar-refractivity contribution in [3.05, 3.63) is 46.6 Å². The normalized spacial score (nSPS) is 40.5. The predicted molar refractivity (Wildman–Crippen MR) is 121 cm³/mol. The van der Waals surface area contributed by atoms with Gasteiger partial charge in [0, 0.05) is 18.3 Å². The third kappa shape index (κ3) is 2.47. The Bertz CT molecular complexity index is 1060. The summed E-state index contributed by atoms with van der Waals surface area (Å²) in [5.74, 6) is -0.260. The third-order valence-corrected chi connectivity index (χ3v) is 9.77. The average Bonchev–Trinajstić information content (AvgIpc) is 3.44. The number of ether oxygens (including phenoxy) is 1. The second-order valence-corrected chi connectivity index (χ2v) is 11.3. The molecule has 0 amide bonds. The van der Waals surface area contributed by atoms with Crippen molar-refractivity contribution in [3.8, 4) is 0 Å². The van der Waals surface area contributed by atoms with Crippen LogP contribution in [0, 0.1) is 22.2 Å². The van der Waals surface area contributed by atoms with E-state index >= 15 is 0 Å². The van der Waals surface area contributed by atoms with Gasteiger partial charge in [0.2, 0.25) is 0 Å². The van der Waals surface area contributed by atoms with Gasteiger partial charge in [-0.2, -0.15) is 0 Å². The maximum atomic E-state index is 13.6. The van der Waals surface area contributed by atoms with Crippen LogP contribution in [0.5, 0.6) is 0 Å². The lowest BCUT2D eigenvalue weighted by molar-refractivity contribution is -0.151. The van der Waals surface area contributed by atoms with Gasteiger partial charge >= 0.3 is 5.97 Å². The Morgan fingerprint density at radius 3 is 2.66 bits per heavy atom. The number of hydrogen-bond acceptors (Lipinski definition) is 4. The van der Waals surface area contributed by atoms with Crippen LogP contribution in [0.1, 0.15) is 78.1 Å². The minimum atomic E-state index is -0.507. The summed E-state index contributed by atoms with van der Waals surface area (Å²) in [6, 6.07) is 0. The molecule has 1 spiro atoms. The highest BCUT2D eigenvalue weighted by molar-refractivity contribution is 5.97. The molecule has 1 unspecified atom stereocenters. The largest absolute Gasteiger partial charge is 0.462 e. The number of allylic oxidation sites excluding steroid dienone is 6. The van der Waals surface area contributed by atoms with Gasteiger partial charge in [-0.1, -0.05) is 36.3 Å². The lowest BCUT2D eigenvalue weighted by Gasteiger charge is -2.50. The zero-order valence-electron chi connectivity index (χ0n) is 19.2. The summed E-state index contributed by atoms with van der Waals surface area (Å²) in [6.07, 6.45) is 16.5. The Kier molecular flexibility index (Phi) is 4.23. The van der Waals surface area contributed by atoms with E-state index < -0.39 is 11.3 Å². The monoisotopic (exact) mass is 432 g/mol. The van der Waals surface area contributed by atoms with Crippen LogP contribution in [0.4, 0.5) is 0 Å². The first-order chi connectivity index (χ1) is 15.3. The quantitative estimate of drug-likeness (QED) is 0.436. The van der Waals surface area contributed by atoms with Gasteiger partial charge in [0.15, 0.2) is 5.78 Å². The van der Waals surface area contributed by atoms with E-state index in [1.807, 2.05) is 12.2 Å². The summed E-state index contributed by atoms with van der Waals surface area (Å²) in [4.78, 5) is 39.3. The van der Waals surface area contributed by atoms with Gasteiger partial charge in [0.25, 0.3) is 0 Å². The van der Waals surface area contributed by atoms with Crippen molar-refractivity contribution >= 4 is 17.5 Å². The molecule has 0 aromatic rings. The molecule has 0 radical (unpaired) electrons. The van der Waals surface area contributed by atoms with Crippen molar-refractivity contribution in [2.45, 2.75) is 84.2 Å². The molecule has 0 heterocycles. The van der Waals surface area contributed by atoms with Gasteiger partial charge in [-0.25, -0.2) is 0 Å². The van der Waals surface area contributed by atoms with Gasteiger partial charge < -0.3 is 4.74 Å². The van der Waals surface area contributed by atoms with Crippen LogP contribution in [0.3, 0.4) is 0 Å². The summed E-state index contributed by atoms with van der Waals surface area (Å²) in [5, 5.41) is 0. The van der Waals surface area contributed by atoms with E-state index in [0.717, 1.165) is 68.1 Å². The predicted octanol–water partition coefficient (Wildman–Crippen LogP) is 5.34. The maximum absolute atomic E-state index is 13.6. The number of ketones is 2. The van der Waals surface area contributed by atoms with Crippen LogP contribution in [-0.2, 0) is 19.1 Å². The molecule has 4 nitrogen and oxygen atoms in total. The second kappa shape index (κ2) is 6.65. The van der Waals surface area contributed by atoms with E-state index in [0.29, 0.717) is 18.6 Å². The van der Waals surface area contributed by atoms with Gasteiger partial charge in [-0.05, 0) is 80.9 Å². The van der Waals surface area contributed by atoms with E-state index in [2.05, 4.69) is 19.9 Å². The standard InChI is InChI=1S/C28H32O4/c1-26-11-8-22-24-20(25(31)32-19-5-3-4-6-19)16-17-15-18(29)7-13-27(17,2)21(24)9-14-28(22,26)23(30)10-12-26/h7-8,13,16,19-20H,3-6,9-12,14-15H2,1-2H3/t20-,26+,27?,28-/m1/s1. The highest BCUT2D eigenvalue weighted by atomic mass is 16.5. The topological polar surface area (TPSA) is 60.4 Å². The molecule has 2 fully saturated rings. The molecule has 6 aliphatic rings. The fourth-order valence-corrected chi connectivity index (χ4v) is 7.86. The SMILES string of the molecule is CC12C=CC(=O)CC1=C[C@@H](C(=O)OC1CCCC1)C1=C2CC[C@@]23C(=O)CC[C@]2(C)CC=C13. The fraction of sp³-hybridized carbons (Fsp3) is 0.607. The highest BCUT2D eigenvalue weighted by Crippen LogP contribution is 2.69. The number of esters is 1. The molecule has 32 heavy (non-hydrogen) atoms. The molecule has 0 bridgehead atoms. The van der Waals surface area contributed by atoms with Crippen LogP contribution < -0.4 is 0 Å². The zero-order chi connectivity index (χ0) is 22.3. The Morgan fingerprint density at radius 1 is 1.09 bits per heavy atom. The van der Waals surface area contributed by atoms with Crippen molar-refractivity contribution in [3.63, 3.8) is 0 Å². The molecular formula is C28H32O4. The van der Waals surface area contributed by atoms with Gasteiger partial charge in [0.1, 0.15) is 17.8 Å². The van der Waals surface area contributed by atoms with E-state index in [1.165, 1.54) is 5.57 Å². The second-order valence-electron chi connectivity index (χ2n) is 11.3. The molecule has 0 aromatic carbocycles. The molecule has 0 saturated heterocycles. The lowest BCUT2D eigenvalue weighted by Crippen LogP contribution is -2.45. The van der Waals surface area contributed by atoms with E-state index in [9.17, 15) is 14.4 Å². The Balaban J connectivity index is 1.50. The van der Waals surface area contributed by atoms with E-state index in [1.54, 1.807) is 6.08 Å². The highest BCUT2D eigenvalue weighted by Gasteiger charge is 2.65. The summed E-state index contributed by atoms with van der Waals surface area (Å²) < 4.78 is 6.02. The molecule has 0 N–H and O–H groups in total. The van der Waals surface area contributed by atoms with Crippen molar-refractivity contribution in [2.75, 3.05) is 0 Å². The molecule has 0 aliphatic heterocycles. The van der Waals surface area contributed by atoms with Crippen molar-refractivity contribution in [1.82, 2.24) is 0 Å². The minimum Gasteiger partial charge on any atom is -0.462 e. The van der Waals surface area contributed by atoms with Crippen molar-refractivity contribution in [1.29, 1.82) is 0 Å². The molecule has 4 heteroatoms. The molecule has 6 aliphatic carbocycles. The molecule has 168 valence electrons. The number of fused-ring (bicyclic) bond motifs is 3. The average molecular weight is 433 g/mol. The summed E-state index contributed by atoms with van der Waals surface area (Å²) in [6.45, 7) is 4.45. The van der Waals surface area contributed by atoms with Gasteiger partial charge in [-0.3, -0.25) is 14.4 Å². The number of carbonyl (C=O) groups excluding carboxylic acids is 3. The number of rotatable bonds is 2. The number of Topliss-reactive ketones (excluding diaryl/α,β-unsaturated/α-hetero) is 1. The molecular weight excluding hydrogens is 400 g/mol. The van der Waals surface area contributed by atoms with Gasteiger partial charge in [0.05, 0.1) is 5.41 Å². The fourth-order valence-electron chi connectivity index (χ4n) is 7.86. The molecule has 0 aromatic heterocycles. The maximum Gasteiger partial charge on any atom is 0.317 e. The lowest BCUT2D eigenvalue weighted by atomic mass is 9.52. The Labute approximate surface area is 189 Å². The summed E-state index contributed by atoms with van der Waals surface area (Å²) in [7, 11) is 0. The zero-order valence-corrected chi connectivity index (χ0v) is 19.2. The van der Waals surface area contributed by atoms with E-state index in [-0.39, 0.29) is 28.7 Å². The summed E-state index contributed by atoms with van der Waals surface area (Å²) >= 11 is 0. The summed E-state index contributed by atoms with van der Waals surface area (Å²) in [5.41, 5.74) is 3.56. The Hall–Kier alpha value is -2.23. The van der Waals surface area contributed by atoms with Crippen LogP contribution in [0.25, 0.3) is 0 Å². The van der Waals surface area contributed by atoms with Crippen molar-refractivity contribution in [2.24, 2.45) is 22.2 Å². The first-order valence-electron chi connectivity index (χ1n) is 12.4. The van der Waals surface area contributed by atoms with Crippen LogP contribution >= 0.6 is 0 Å². The minimum absolute atomic E-state index is 0.000342. The van der Waals surface area contributed by atoms with Crippen LogP contribution in [0.15, 0.2) is 46.6 Å². The van der Waals surface area contributed by atoms with Crippen LogP contribution in [-0.4, -0.2) is 23.6 Å². The van der Waals surface area contributed by atoms with E-state index in [4.69, 9.17) is 4.74 Å². The number of hydrogen-bond donors (Lipinski definition) is 0. The molecule has 4 atom stereocenters. The van der Waals surface area contributed by atoms with Gasteiger partial charge in [-0.15, -0.1) is 0 Å². The first kappa shape index (κ1) is 20.4. The van der Waals surface area contributed by atoms with Crippen LogP contribution in [0.2, 0.25) is 0 Å².